The standard InChI is InChI=1S/C25H25F2N5OS/c1-3-33-21-8-7-17(26)14-19(21)18-6-4-5-16-13-22(34-24(16)18)23-20(27)15-30-25(31-23)29-10-12-32(2)11-9-28/h4-9,11,13-15H,3,10,12,28H2,1-2H3,(H,29,30,31)/b11-9-. The van der Waals surface area contributed by atoms with E-state index in [9.17, 15) is 8.78 Å². The summed E-state index contributed by atoms with van der Waals surface area (Å²) < 4.78 is 35.4. The Labute approximate surface area is 200 Å². The minimum atomic E-state index is -0.511. The molecule has 0 aliphatic rings. The Hall–Kier alpha value is -3.72. The van der Waals surface area contributed by atoms with E-state index in [1.165, 1.54) is 35.9 Å². The van der Waals surface area contributed by atoms with Crippen LogP contribution in [0.25, 0.3) is 31.8 Å². The average Bonchev–Trinajstić information content (AvgIpc) is 3.26. The summed E-state index contributed by atoms with van der Waals surface area (Å²) in [7, 11) is 1.90. The highest BCUT2D eigenvalue weighted by molar-refractivity contribution is 7.22. The van der Waals surface area contributed by atoms with Crippen LogP contribution in [-0.2, 0) is 0 Å². The van der Waals surface area contributed by atoms with Gasteiger partial charge < -0.3 is 20.7 Å². The molecule has 2 heterocycles. The maximum Gasteiger partial charge on any atom is 0.223 e. The van der Waals surface area contributed by atoms with E-state index < -0.39 is 5.82 Å². The van der Waals surface area contributed by atoms with Crippen LogP contribution in [0.3, 0.4) is 0 Å². The van der Waals surface area contributed by atoms with E-state index in [0.29, 0.717) is 41.8 Å². The van der Waals surface area contributed by atoms with E-state index in [0.717, 1.165) is 15.6 Å². The number of hydrogen-bond donors (Lipinski definition) is 2. The second-order valence-corrected chi connectivity index (χ2v) is 8.60. The van der Waals surface area contributed by atoms with Crippen molar-refractivity contribution < 1.29 is 13.5 Å². The van der Waals surface area contributed by atoms with Crippen molar-refractivity contribution >= 4 is 27.4 Å². The van der Waals surface area contributed by atoms with Crippen LogP contribution in [0.1, 0.15) is 6.92 Å². The number of aromatic nitrogens is 2. The summed E-state index contributed by atoms with van der Waals surface area (Å²) in [6.07, 6.45) is 4.38. The molecule has 4 rings (SSSR count). The minimum absolute atomic E-state index is 0.212. The first-order chi connectivity index (χ1) is 16.5. The van der Waals surface area contributed by atoms with Crippen molar-refractivity contribution in [2.45, 2.75) is 6.92 Å². The van der Waals surface area contributed by atoms with Crippen molar-refractivity contribution in [3.05, 3.63) is 72.7 Å². The van der Waals surface area contributed by atoms with Gasteiger partial charge in [0.15, 0.2) is 5.82 Å². The maximum atomic E-state index is 14.7. The molecule has 0 aliphatic carbocycles. The van der Waals surface area contributed by atoms with Crippen LogP contribution in [0.5, 0.6) is 5.75 Å². The SMILES string of the molecule is CCOc1ccc(F)cc1-c1cccc2cc(-c3nc(NCCN(C)/C=C\N)ncc3F)sc12. The number of nitrogens with zero attached hydrogens (tertiary/aromatic N) is 3. The molecule has 0 atom stereocenters. The summed E-state index contributed by atoms with van der Waals surface area (Å²) >= 11 is 1.40. The van der Waals surface area contributed by atoms with Crippen LogP contribution in [0.15, 0.2) is 61.1 Å². The monoisotopic (exact) mass is 481 g/mol. The van der Waals surface area contributed by atoms with Crippen LogP contribution >= 0.6 is 11.3 Å². The number of hydrogen-bond acceptors (Lipinski definition) is 7. The van der Waals surface area contributed by atoms with E-state index in [1.807, 2.05) is 43.1 Å². The third-order valence-electron chi connectivity index (χ3n) is 5.14. The molecule has 0 radical (unpaired) electrons. The average molecular weight is 482 g/mol. The Morgan fingerprint density at radius 1 is 1.18 bits per heavy atom. The number of nitrogens with two attached hydrogens (primary N) is 1. The molecule has 3 N–H and O–H groups in total. The molecule has 2 aromatic carbocycles. The number of thiophene rings is 1. The highest BCUT2D eigenvalue weighted by Crippen LogP contribution is 2.42. The summed E-state index contributed by atoms with van der Waals surface area (Å²) in [5, 5.41) is 4.02. The Morgan fingerprint density at radius 2 is 2.03 bits per heavy atom. The van der Waals surface area contributed by atoms with Gasteiger partial charge in [-0.25, -0.2) is 18.7 Å². The van der Waals surface area contributed by atoms with E-state index >= 15 is 0 Å². The molecular formula is C25H25F2N5OS. The third kappa shape index (κ3) is 5.09. The number of rotatable bonds is 9. The fourth-order valence-corrected chi connectivity index (χ4v) is 4.75. The topological polar surface area (TPSA) is 76.3 Å². The second kappa shape index (κ2) is 10.5. The molecule has 0 saturated carbocycles. The summed E-state index contributed by atoms with van der Waals surface area (Å²) in [6, 6.07) is 12.1. The third-order valence-corrected chi connectivity index (χ3v) is 6.33. The normalized spacial score (nSPS) is 11.3. The van der Waals surface area contributed by atoms with Crippen molar-refractivity contribution in [1.29, 1.82) is 0 Å². The molecule has 176 valence electrons. The van der Waals surface area contributed by atoms with Crippen molar-refractivity contribution in [1.82, 2.24) is 14.9 Å². The fraction of sp³-hybridized carbons (Fsp3) is 0.200. The van der Waals surface area contributed by atoms with Crippen LogP contribution in [0, 0.1) is 11.6 Å². The van der Waals surface area contributed by atoms with Crippen LogP contribution < -0.4 is 15.8 Å². The highest BCUT2D eigenvalue weighted by atomic mass is 32.1. The van der Waals surface area contributed by atoms with E-state index in [1.54, 1.807) is 12.3 Å². The van der Waals surface area contributed by atoms with Crippen molar-refractivity contribution in [3.63, 3.8) is 0 Å². The number of benzene rings is 2. The van der Waals surface area contributed by atoms with Gasteiger partial charge in [-0.1, -0.05) is 18.2 Å². The zero-order valence-corrected chi connectivity index (χ0v) is 19.7. The zero-order chi connectivity index (χ0) is 24.1. The number of halogens is 2. The first-order valence-electron chi connectivity index (χ1n) is 10.8. The van der Waals surface area contributed by atoms with Crippen molar-refractivity contribution in [3.8, 4) is 27.4 Å². The molecule has 6 nitrogen and oxygen atoms in total. The first kappa shape index (κ1) is 23.4. The van der Waals surface area contributed by atoms with Crippen LogP contribution in [-0.4, -0.2) is 41.6 Å². The molecule has 9 heteroatoms. The van der Waals surface area contributed by atoms with Crippen molar-refractivity contribution in [2.75, 3.05) is 32.1 Å². The molecular weight excluding hydrogens is 456 g/mol. The second-order valence-electron chi connectivity index (χ2n) is 7.55. The zero-order valence-electron chi connectivity index (χ0n) is 18.9. The van der Waals surface area contributed by atoms with Gasteiger partial charge in [-0.3, -0.25) is 0 Å². The first-order valence-corrected chi connectivity index (χ1v) is 11.6. The van der Waals surface area contributed by atoms with Gasteiger partial charge in [0.2, 0.25) is 5.95 Å². The lowest BCUT2D eigenvalue weighted by molar-refractivity contribution is 0.341. The van der Waals surface area contributed by atoms with Gasteiger partial charge in [-0.05, 0) is 36.6 Å². The Morgan fingerprint density at radius 3 is 2.82 bits per heavy atom. The predicted octanol–water partition coefficient (Wildman–Crippen LogP) is 5.48. The van der Waals surface area contributed by atoms with Gasteiger partial charge in [0.05, 0.1) is 17.7 Å². The Balaban J connectivity index is 1.69. The summed E-state index contributed by atoms with van der Waals surface area (Å²) in [6.45, 7) is 3.58. The molecule has 0 unspecified atom stereocenters. The number of ether oxygens (including phenoxy) is 1. The molecule has 0 saturated heterocycles. The molecule has 4 aromatic rings. The largest absolute Gasteiger partial charge is 0.493 e. The summed E-state index contributed by atoms with van der Waals surface area (Å²) in [4.78, 5) is 11.0. The summed E-state index contributed by atoms with van der Waals surface area (Å²) in [5.74, 6) is 0.0727. The van der Waals surface area contributed by atoms with Crippen molar-refractivity contribution in [2.24, 2.45) is 5.73 Å². The van der Waals surface area contributed by atoms with E-state index in [-0.39, 0.29) is 11.5 Å². The smallest absolute Gasteiger partial charge is 0.223 e. The quantitative estimate of drug-likeness (QED) is 0.330. The van der Waals surface area contributed by atoms with E-state index in [2.05, 4.69) is 15.3 Å². The molecule has 2 aromatic heterocycles. The van der Waals surface area contributed by atoms with Crippen LogP contribution in [0.2, 0.25) is 0 Å². The molecule has 0 bridgehead atoms. The molecule has 34 heavy (non-hydrogen) atoms. The minimum Gasteiger partial charge on any atom is -0.493 e. The predicted molar refractivity (Wildman–Crippen MR) is 134 cm³/mol. The lowest BCUT2D eigenvalue weighted by atomic mass is 10.0. The molecule has 0 aliphatic heterocycles. The van der Waals surface area contributed by atoms with Gasteiger partial charge >= 0.3 is 0 Å². The molecule has 0 spiro atoms. The fourth-order valence-electron chi connectivity index (χ4n) is 3.58. The highest BCUT2D eigenvalue weighted by Gasteiger charge is 2.17. The number of likely N-dealkylation sites (N-methyl/N-ethyl adjacent to an activating group) is 1. The molecule has 0 fully saturated rings. The number of anilines is 1. The van der Waals surface area contributed by atoms with Crippen LogP contribution in [0.4, 0.5) is 14.7 Å². The van der Waals surface area contributed by atoms with Gasteiger partial charge in [-0.15, -0.1) is 11.3 Å². The van der Waals surface area contributed by atoms with Gasteiger partial charge in [-0.2, -0.15) is 0 Å². The Bertz CT molecular complexity index is 1320. The maximum absolute atomic E-state index is 14.7. The van der Waals surface area contributed by atoms with Gasteiger partial charge in [0.1, 0.15) is 17.3 Å². The van der Waals surface area contributed by atoms with E-state index in [4.69, 9.17) is 10.5 Å². The Kier molecular flexibility index (Phi) is 7.22. The number of fused-ring (bicyclic) bond motifs is 1. The lowest BCUT2D eigenvalue weighted by Gasteiger charge is -2.14. The van der Waals surface area contributed by atoms with Gasteiger partial charge in [0.25, 0.3) is 0 Å². The molecule has 0 amide bonds. The van der Waals surface area contributed by atoms with Gasteiger partial charge in [0, 0.05) is 48.4 Å². The number of nitrogens with one attached hydrogen (secondary N) is 1. The lowest BCUT2D eigenvalue weighted by Crippen LogP contribution is -2.21. The summed E-state index contributed by atoms with van der Waals surface area (Å²) in [5.41, 5.74) is 7.08.